The number of likely N-dealkylation sites (tertiary alicyclic amines) is 1. The lowest BCUT2D eigenvalue weighted by Gasteiger charge is -2.30. The molecule has 4 nitrogen and oxygen atoms in total. The van der Waals surface area contributed by atoms with Gasteiger partial charge in [-0.25, -0.2) is 0 Å². The molecule has 2 rings (SSSR count). The van der Waals surface area contributed by atoms with E-state index in [9.17, 15) is 4.79 Å². The summed E-state index contributed by atoms with van der Waals surface area (Å²) in [5, 5.41) is 13.5. The minimum absolute atomic E-state index is 0.115. The molecule has 1 aromatic heterocycles. The zero-order chi connectivity index (χ0) is 15.1. The van der Waals surface area contributed by atoms with Gasteiger partial charge >= 0.3 is 0 Å². The van der Waals surface area contributed by atoms with Crippen LogP contribution in [0.25, 0.3) is 0 Å². The average molecular weight is 306 g/mol. The van der Waals surface area contributed by atoms with Crippen molar-refractivity contribution in [2.75, 3.05) is 26.7 Å². The van der Waals surface area contributed by atoms with Crippen molar-refractivity contribution in [3.8, 4) is 11.8 Å². The van der Waals surface area contributed by atoms with E-state index in [-0.39, 0.29) is 18.4 Å². The summed E-state index contributed by atoms with van der Waals surface area (Å²) in [5.74, 6) is 6.35. The van der Waals surface area contributed by atoms with Crippen LogP contribution in [0, 0.1) is 17.8 Å². The van der Waals surface area contributed by atoms with Crippen LogP contribution in [0.15, 0.2) is 11.4 Å². The number of nitrogens with zero attached hydrogens (tertiary/aromatic N) is 1. The first-order valence-corrected chi connectivity index (χ1v) is 8.22. The molecular weight excluding hydrogens is 284 g/mol. The minimum atomic E-state index is 0.115. The van der Waals surface area contributed by atoms with E-state index in [1.54, 1.807) is 18.4 Å². The number of piperidine rings is 1. The summed E-state index contributed by atoms with van der Waals surface area (Å²) in [6.07, 6.45) is 2.40. The number of hydrogen-bond acceptors (Lipinski definition) is 4. The second-order valence-electron chi connectivity index (χ2n) is 5.24. The predicted octanol–water partition coefficient (Wildman–Crippen LogP) is 1.44. The van der Waals surface area contributed by atoms with Crippen LogP contribution in [0.1, 0.15) is 29.7 Å². The van der Waals surface area contributed by atoms with Crippen LogP contribution in [-0.2, 0) is 11.3 Å². The lowest BCUT2D eigenvalue weighted by molar-refractivity contribution is -0.125. The van der Waals surface area contributed by atoms with Gasteiger partial charge in [0.1, 0.15) is 0 Å². The molecule has 2 N–H and O–H groups in total. The molecule has 0 aromatic carbocycles. The highest BCUT2D eigenvalue weighted by atomic mass is 32.1. The number of amides is 1. The fourth-order valence-electron chi connectivity index (χ4n) is 2.53. The molecule has 1 aliphatic rings. The first-order valence-electron chi connectivity index (χ1n) is 7.34. The van der Waals surface area contributed by atoms with Gasteiger partial charge in [0.05, 0.1) is 6.61 Å². The molecule has 114 valence electrons. The van der Waals surface area contributed by atoms with E-state index in [1.165, 1.54) is 4.88 Å². The van der Waals surface area contributed by atoms with E-state index in [1.807, 2.05) is 0 Å². The van der Waals surface area contributed by atoms with Crippen molar-refractivity contribution in [2.45, 2.75) is 25.8 Å². The average Bonchev–Trinajstić information content (AvgIpc) is 2.95. The van der Waals surface area contributed by atoms with Crippen molar-refractivity contribution in [3.05, 3.63) is 21.9 Å². The van der Waals surface area contributed by atoms with Gasteiger partial charge in [0.2, 0.25) is 5.91 Å². The van der Waals surface area contributed by atoms with Gasteiger partial charge in [-0.1, -0.05) is 11.8 Å². The molecule has 21 heavy (non-hydrogen) atoms. The lowest BCUT2D eigenvalue weighted by atomic mass is 9.96. The van der Waals surface area contributed by atoms with Crippen molar-refractivity contribution in [2.24, 2.45) is 5.92 Å². The third-order valence-electron chi connectivity index (χ3n) is 3.71. The molecule has 0 bridgehead atoms. The number of carbonyl (C=O) groups is 1. The summed E-state index contributed by atoms with van der Waals surface area (Å²) in [5.41, 5.74) is 1.03. The highest BCUT2D eigenvalue weighted by Gasteiger charge is 2.24. The maximum atomic E-state index is 11.6. The Labute approximate surface area is 130 Å². The minimum Gasteiger partial charge on any atom is -0.395 e. The van der Waals surface area contributed by atoms with Gasteiger partial charge in [0, 0.05) is 41.8 Å². The van der Waals surface area contributed by atoms with Crippen LogP contribution in [-0.4, -0.2) is 42.7 Å². The maximum absolute atomic E-state index is 11.6. The fraction of sp³-hybridized carbons (Fsp3) is 0.562. The Balaban J connectivity index is 1.81. The van der Waals surface area contributed by atoms with Crippen molar-refractivity contribution in [1.29, 1.82) is 0 Å². The van der Waals surface area contributed by atoms with Crippen molar-refractivity contribution in [3.63, 3.8) is 0 Å². The molecule has 2 heterocycles. The number of thiophene rings is 1. The molecule has 1 amide bonds. The van der Waals surface area contributed by atoms with E-state index in [2.05, 4.69) is 33.5 Å². The largest absolute Gasteiger partial charge is 0.395 e. The highest BCUT2D eigenvalue weighted by Crippen LogP contribution is 2.22. The Hall–Kier alpha value is -1.35. The van der Waals surface area contributed by atoms with E-state index >= 15 is 0 Å². The van der Waals surface area contributed by atoms with Crippen LogP contribution in [0.4, 0.5) is 0 Å². The van der Waals surface area contributed by atoms with E-state index in [0.29, 0.717) is 6.42 Å². The molecule has 0 radical (unpaired) electrons. The Morgan fingerprint density at radius 2 is 2.29 bits per heavy atom. The number of carbonyl (C=O) groups excluding carboxylic acids is 1. The molecule has 1 aliphatic heterocycles. The maximum Gasteiger partial charge on any atom is 0.222 e. The summed E-state index contributed by atoms with van der Waals surface area (Å²) in [6, 6.07) is 2.12. The van der Waals surface area contributed by atoms with E-state index in [4.69, 9.17) is 5.11 Å². The molecule has 0 atom stereocenters. The quantitative estimate of drug-likeness (QED) is 0.828. The molecular formula is C16H22N2O2S. The Bertz CT molecular complexity index is 522. The normalized spacial score (nSPS) is 16.3. The monoisotopic (exact) mass is 306 g/mol. The molecule has 0 unspecified atom stereocenters. The second-order valence-corrected chi connectivity index (χ2v) is 6.24. The topological polar surface area (TPSA) is 52.6 Å². The summed E-state index contributed by atoms with van der Waals surface area (Å²) in [4.78, 5) is 15.3. The highest BCUT2D eigenvalue weighted by molar-refractivity contribution is 7.10. The van der Waals surface area contributed by atoms with Gasteiger partial charge in [-0.15, -0.1) is 11.3 Å². The lowest BCUT2D eigenvalue weighted by Crippen LogP contribution is -2.39. The molecule has 1 aromatic rings. The van der Waals surface area contributed by atoms with Crippen LogP contribution in [0.2, 0.25) is 0 Å². The van der Waals surface area contributed by atoms with Crippen molar-refractivity contribution >= 4 is 17.2 Å². The van der Waals surface area contributed by atoms with Crippen molar-refractivity contribution < 1.29 is 9.90 Å². The predicted molar refractivity (Wildman–Crippen MR) is 85.0 cm³/mol. The van der Waals surface area contributed by atoms with E-state index in [0.717, 1.165) is 38.0 Å². The molecule has 1 fully saturated rings. The summed E-state index contributed by atoms with van der Waals surface area (Å²) in [6.45, 7) is 3.00. The van der Waals surface area contributed by atoms with Gasteiger partial charge in [-0.3, -0.25) is 9.69 Å². The van der Waals surface area contributed by atoms with Crippen LogP contribution in [0.5, 0.6) is 0 Å². The Morgan fingerprint density at radius 1 is 1.52 bits per heavy atom. The zero-order valence-corrected chi connectivity index (χ0v) is 13.2. The SMILES string of the molecule is CNC(=O)C1CCN(Cc2cc(C#CCCO)cs2)CC1. The molecule has 5 heteroatoms. The number of nitrogens with one attached hydrogen (secondary N) is 1. The number of aliphatic hydroxyl groups is 1. The van der Waals surface area contributed by atoms with Gasteiger partial charge in [0.25, 0.3) is 0 Å². The van der Waals surface area contributed by atoms with Gasteiger partial charge in [-0.05, 0) is 32.0 Å². The molecule has 0 saturated carbocycles. The third-order valence-corrected chi connectivity index (χ3v) is 4.63. The molecule has 0 aliphatic carbocycles. The summed E-state index contributed by atoms with van der Waals surface area (Å²) in [7, 11) is 1.71. The number of aliphatic hydroxyl groups excluding tert-OH is 1. The van der Waals surface area contributed by atoms with Crippen LogP contribution < -0.4 is 5.32 Å². The number of hydrogen-bond donors (Lipinski definition) is 2. The number of rotatable bonds is 4. The summed E-state index contributed by atoms with van der Waals surface area (Å²) < 4.78 is 0. The van der Waals surface area contributed by atoms with E-state index < -0.39 is 0 Å². The smallest absolute Gasteiger partial charge is 0.222 e. The van der Waals surface area contributed by atoms with Crippen molar-refractivity contribution in [1.82, 2.24) is 10.2 Å². The fourth-order valence-corrected chi connectivity index (χ4v) is 3.38. The second kappa shape index (κ2) is 8.18. The van der Waals surface area contributed by atoms with Gasteiger partial charge < -0.3 is 10.4 Å². The van der Waals surface area contributed by atoms with Gasteiger partial charge in [0.15, 0.2) is 0 Å². The summed E-state index contributed by atoms with van der Waals surface area (Å²) >= 11 is 1.73. The van der Waals surface area contributed by atoms with Gasteiger partial charge in [-0.2, -0.15) is 0 Å². The molecule has 0 spiro atoms. The third kappa shape index (κ3) is 4.85. The standard InChI is InChI=1S/C16H22N2O2S/c1-17-16(20)14-5-7-18(8-6-14)11-15-10-13(12-21-15)4-2-3-9-19/h10,12,14,19H,3,5-9,11H2,1H3,(H,17,20). The molecule has 1 saturated heterocycles. The first kappa shape index (κ1) is 16.0. The first-order chi connectivity index (χ1) is 10.2. The van der Waals surface area contributed by atoms with Crippen LogP contribution in [0.3, 0.4) is 0 Å². The van der Waals surface area contributed by atoms with Crippen LogP contribution >= 0.6 is 11.3 Å². The Kier molecular flexibility index (Phi) is 6.24. The zero-order valence-electron chi connectivity index (χ0n) is 12.4. The Morgan fingerprint density at radius 3 is 2.95 bits per heavy atom.